The fourth-order valence-corrected chi connectivity index (χ4v) is 3.04. The molecule has 7 nitrogen and oxygen atoms in total. The predicted octanol–water partition coefficient (Wildman–Crippen LogP) is 0.979. The van der Waals surface area contributed by atoms with Gasteiger partial charge in [0.25, 0.3) is 0 Å². The summed E-state index contributed by atoms with van der Waals surface area (Å²) in [5, 5.41) is 37.1. The van der Waals surface area contributed by atoms with E-state index in [1.807, 2.05) is 0 Å². The summed E-state index contributed by atoms with van der Waals surface area (Å²) >= 11 is 0. The number of carbonyl (C=O) groups excluding carboxylic acids is 1. The maximum atomic E-state index is 11.6. The summed E-state index contributed by atoms with van der Waals surface area (Å²) in [6, 6.07) is 0. The molecular weight excluding hydrogens is 304 g/mol. The average Bonchev–Trinajstić information content (AvgIpc) is 2.72. The van der Waals surface area contributed by atoms with E-state index in [0.717, 1.165) is 0 Å². The first-order valence-corrected chi connectivity index (χ1v) is 7.77. The lowest BCUT2D eigenvalue weighted by molar-refractivity contribution is -0.138. The smallest absolute Gasteiger partial charge is 0.307 e. The highest BCUT2D eigenvalue weighted by Gasteiger charge is 2.40. The molecule has 1 rings (SSSR count). The first-order chi connectivity index (χ1) is 10.8. The first kappa shape index (κ1) is 19.3. The molecule has 0 aromatic heterocycles. The predicted molar refractivity (Wildman–Crippen MR) is 80.7 cm³/mol. The molecule has 0 saturated heterocycles. The van der Waals surface area contributed by atoms with Crippen molar-refractivity contribution in [3.05, 3.63) is 12.2 Å². The van der Waals surface area contributed by atoms with Gasteiger partial charge in [0, 0.05) is 12.8 Å². The molecule has 1 aliphatic rings. The number of carboxylic acids is 2. The second-order valence-corrected chi connectivity index (χ2v) is 5.97. The van der Waals surface area contributed by atoms with E-state index in [1.165, 1.54) is 6.08 Å². The highest BCUT2D eigenvalue weighted by Crippen LogP contribution is 2.38. The molecule has 0 bridgehead atoms. The molecule has 1 saturated carbocycles. The maximum Gasteiger partial charge on any atom is 0.307 e. The van der Waals surface area contributed by atoms with Crippen LogP contribution in [0.1, 0.15) is 44.9 Å². The van der Waals surface area contributed by atoms with Crippen molar-refractivity contribution < 1.29 is 34.8 Å². The summed E-state index contributed by atoms with van der Waals surface area (Å²) in [5.74, 6) is -2.58. The van der Waals surface area contributed by atoms with Crippen molar-refractivity contribution in [2.24, 2.45) is 11.8 Å². The number of hydrogen-bond acceptors (Lipinski definition) is 5. The van der Waals surface area contributed by atoms with Crippen molar-refractivity contribution in [3.63, 3.8) is 0 Å². The summed E-state index contributed by atoms with van der Waals surface area (Å²) < 4.78 is 0. The number of carbonyl (C=O) groups is 3. The number of rotatable bonds is 10. The molecule has 4 atom stereocenters. The van der Waals surface area contributed by atoms with Crippen LogP contribution in [0.15, 0.2) is 12.2 Å². The van der Waals surface area contributed by atoms with Gasteiger partial charge in [-0.3, -0.25) is 14.4 Å². The molecule has 0 amide bonds. The van der Waals surface area contributed by atoms with Gasteiger partial charge in [-0.05, 0) is 31.1 Å². The van der Waals surface area contributed by atoms with Crippen LogP contribution in [0, 0.1) is 11.8 Å². The molecule has 23 heavy (non-hydrogen) atoms. The van der Waals surface area contributed by atoms with Crippen LogP contribution in [0.25, 0.3) is 0 Å². The Labute approximate surface area is 134 Å². The highest BCUT2D eigenvalue weighted by molar-refractivity contribution is 5.82. The SMILES string of the molecule is O=C(O)C/C=C\C[C@@H]1[C@@H](CCC(=O)CCC(=O)O)[C@@H](O)C[C@@H]1O. The van der Waals surface area contributed by atoms with Gasteiger partial charge in [-0.15, -0.1) is 0 Å². The minimum atomic E-state index is -1.02. The quantitative estimate of drug-likeness (QED) is 0.439. The van der Waals surface area contributed by atoms with E-state index in [-0.39, 0.29) is 49.7 Å². The van der Waals surface area contributed by atoms with Crippen molar-refractivity contribution in [1.29, 1.82) is 0 Å². The Balaban J connectivity index is 2.49. The van der Waals surface area contributed by atoms with Crippen LogP contribution in [0.5, 0.6) is 0 Å². The number of ketones is 1. The molecule has 0 radical (unpaired) electrons. The minimum absolute atomic E-state index is 0.0239. The Bertz CT molecular complexity index is 457. The van der Waals surface area contributed by atoms with E-state index in [1.54, 1.807) is 6.08 Å². The van der Waals surface area contributed by atoms with Gasteiger partial charge in [0.2, 0.25) is 0 Å². The zero-order valence-corrected chi connectivity index (χ0v) is 12.9. The number of carboxylic acid groups (broad SMARTS) is 2. The van der Waals surface area contributed by atoms with Gasteiger partial charge < -0.3 is 20.4 Å². The van der Waals surface area contributed by atoms with Gasteiger partial charge in [0.1, 0.15) is 5.78 Å². The molecule has 0 spiro atoms. The topological polar surface area (TPSA) is 132 Å². The second-order valence-electron chi connectivity index (χ2n) is 5.97. The van der Waals surface area contributed by atoms with Crippen LogP contribution in [0.3, 0.4) is 0 Å². The van der Waals surface area contributed by atoms with Gasteiger partial charge in [-0.2, -0.15) is 0 Å². The lowest BCUT2D eigenvalue weighted by atomic mass is 9.86. The summed E-state index contributed by atoms with van der Waals surface area (Å²) in [6.07, 6.45) is 2.75. The molecule has 1 aliphatic carbocycles. The lowest BCUT2D eigenvalue weighted by Crippen LogP contribution is -2.22. The largest absolute Gasteiger partial charge is 0.481 e. The van der Waals surface area contributed by atoms with Gasteiger partial charge in [-0.1, -0.05) is 12.2 Å². The standard InChI is InChI=1S/C16H24O7/c17-10(6-8-16(22)23)5-7-12-11(13(18)9-14(12)19)3-1-2-4-15(20)21/h1-2,11-14,18-19H,3-9H2,(H,20,21)(H,22,23)/b2-1-/t11-,12-,13+,14+/m1/s1. The Morgan fingerprint density at radius 2 is 1.52 bits per heavy atom. The van der Waals surface area contributed by atoms with E-state index in [0.29, 0.717) is 12.8 Å². The monoisotopic (exact) mass is 328 g/mol. The zero-order valence-electron chi connectivity index (χ0n) is 12.9. The fourth-order valence-electron chi connectivity index (χ4n) is 3.04. The molecule has 0 aromatic rings. The maximum absolute atomic E-state index is 11.6. The van der Waals surface area contributed by atoms with Crippen LogP contribution in [-0.4, -0.2) is 50.4 Å². The fraction of sp³-hybridized carbons (Fsp3) is 0.688. The van der Waals surface area contributed by atoms with Crippen molar-refractivity contribution in [1.82, 2.24) is 0 Å². The van der Waals surface area contributed by atoms with Gasteiger partial charge >= 0.3 is 11.9 Å². The van der Waals surface area contributed by atoms with E-state index in [9.17, 15) is 24.6 Å². The van der Waals surface area contributed by atoms with Crippen molar-refractivity contribution in [2.45, 2.75) is 57.2 Å². The van der Waals surface area contributed by atoms with Crippen molar-refractivity contribution in [3.8, 4) is 0 Å². The number of aliphatic hydroxyl groups excluding tert-OH is 2. The molecule has 1 fully saturated rings. The zero-order chi connectivity index (χ0) is 17.4. The molecule has 0 aromatic carbocycles. The molecule has 0 unspecified atom stereocenters. The van der Waals surface area contributed by atoms with Crippen molar-refractivity contribution >= 4 is 17.7 Å². The van der Waals surface area contributed by atoms with E-state index in [2.05, 4.69) is 0 Å². The lowest BCUT2D eigenvalue weighted by Gasteiger charge is -2.22. The number of aliphatic carboxylic acids is 2. The second kappa shape index (κ2) is 9.42. The van der Waals surface area contributed by atoms with E-state index < -0.39 is 24.1 Å². The number of hydrogen-bond donors (Lipinski definition) is 4. The van der Waals surface area contributed by atoms with E-state index >= 15 is 0 Å². The normalized spacial score (nSPS) is 27.4. The number of Topliss-reactive ketones (excluding diaryl/α,β-unsaturated/α-hetero) is 1. The molecule has 7 heteroatoms. The summed E-state index contributed by atoms with van der Waals surface area (Å²) in [7, 11) is 0. The average molecular weight is 328 g/mol. The Morgan fingerprint density at radius 1 is 0.870 bits per heavy atom. The number of aliphatic hydroxyl groups is 2. The highest BCUT2D eigenvalue weighted by atomic mass is 16.4. The molecular formula is C16H24O7. The van der Waals surface area contributed by atoms with Crippen molar-refractivity contribution in [2.75, 3.05) is 0 Å². The molecule has 0 heterocycles. The third-order valence-corrected chi connectivity index (χ3v) is 4.26. The van der Waals surface area contributed by atoms with Crippen LogP contribution >= 0.6 is 0 Å². The Hall–Kier alpha value is -1.73. The third-order valence-electron chi connectivity index (χ3n) is 4.26. The Kier molecular flexibility index (Phi) is 7.91. The Morgan fingerprint density at radius 3 is 2.13 bits per heavy atom. The summed E-state index contributed by atoms with van der Waals surface area (Å²) in [4.78, 5) is 32.5. The van der Waals surface area contributed by atoms with Crippen LogP contribution in [0.2, 0.25) is 0 Å². The van der Waals surface area contributed by atoms with Gasteiger partial charge in [0.15, 0.2) is 0 Å². The third kappa shape index (κ3) is 6.92. The molecule has 4 N–H and O–H groups in total. The summed E-state index contributed by atoms with van der Waals surface area (Å²) in [5.41, 5.74) is 0. The minimum Gasteiger partial charge on any atom is -0.481 e. The van der Waals surface area contributed by atoms with Crippen LogP contribution in [0.4, 0.5) is 0 Å². The van der Waals surface area contributed by atoms with Crippen LogP contribution < -0.4 is 0 Å². The summed E-state index contributed by atoms with van der Waals surface area (Å²) in [6.45, 7) is 0. The van der Waals surface area contributed by atoms with Gasteiger partial charge in [-0.25, -0.2) is 0 Å². The van der Waals surface area contributed by atoms with Crippen LogP contribution in [-0.2, 0) is 14.4 Å². The van der Waals surface area contributed by atoms with Gasteiger partial charge in [0.05, 0.1) is 25.0 Å². The number of allylic oxidation sites excluding steroid dienone is 1. The molecule has 130 valence electrons. The molecule has 0 aliphatic heterocycles. The van der Waals surface area contributed by atoms with E-state index in [4.69, 9.17) is 10.2 Å². The first-order valence-electron chi connectivity index (χ1n) is 7.77.